The first-order valence-corrected chi connectivity index (χ1v) is 8.69. The minimum atomic E-state index is -0.451. The van der Waals surface area contributed by atoms with E-state index in [1.165, 1.54) is 5.56 Å². The van der Waals surface area contributed by atoms with Gasteiger partial charge in [0, 0.05) is 51.3 Å². The van der Waals surface area contributed by atoms with E-state index in [0.717, 1.165) is 30.8 Å². The summed E-state index contributed by atoms with van der Waals surface area (Å²) in [5.74, 6) is 0.365. The van der Waals surface area contributed by atoms with Gasteiger partial charge in [-0.15, -0.1) is 0 Å². The van der Waals surface area contributed by atoms with Crippen molar-refractivity contribution in [2.24, 2.45) is 11.3 Å². The molecule has 0 aromatic carbocycles. The number of hydrogen-bond acceptors (Lipinski definition) is 4. The Labute approximate surface area is 142 Å². The number of amides is 2. The van der Waals surface area contributed by atoms with E-state index in [4.69, 9.17) is 0 Å². The molecule has 3 heterocycles. The molecule has 2 atom stereocenters. The fraction of sp³-hybridized carbons (Fsp3) is 0.706. The quantitative estimate of drug-likeness (QED) is 0.669. The lowest BCUT2D eigenvalue weighted by molar-refractivity contribution is -0.132. The van der Waals surface area contributed by atoms with Gasteiger partial charge in [0.1, 0.15) is 0 Å². The molecule has 0 spiro atoms. The first kappa shape index (κ1) is 17.0. The maximum absolute atomic E-state index is 12.8. The Hall–Kier alpha value is -1.89. The summed E-state index contributed by atoms with van der Waals surface area (Å²) >= 11 is 0. The lowest BCUT2D eigenvalue weighted by atomic mass is 9.80. The highest BCUT2D eigenvalue weighted by Gasteiger charge is 2.55. The van der Waals surface area contributed by atoms with Gasteiger partial charge < -0.3 is 15.5 Å². The molecule has 2 aliphatic heterocycles. The second-order valence-electron chi connectivity index (χ2n) is 7.16. The summed E-state index contributed by atoms with van der Waals surface area (Å²) in [5.41, 5.74) is 2.93. The zero-order valence-corrected chi connectivity index (χ0v) is 14.7. The highest BCUT2D eigenvalue weighted by Crippen LogP contribution is 2.39. The summed E-state index contributed by atoms with van der Waals surface area (Å²) < 4.78 is 0. The number of carbonyl (C=O) groups excluding carboxylic acids is 2. The van der Waals surface area contributed by atoms with Gasteiger partial charge in [-0.1, -0.05) is 0 Å². The molecule has 2 amide bonds. The van der Waals surface area contributed by atoms with Crippen molar-refractivity contribution < 1.29 is 9.59 Å². The van der Waals surface area contributed by atoms with Crippen LogP contribution in [0.25, 0.3) is 0 Å². The Balaban J connectivity index is 1.54. The third-order valence-electron chi connectivity index (χ3n) is 5.59. The van der Waals surface area contributed by atoms with Crippen LogP contribution in [0, 0.1) is 25.2 Å². The molecule has 0 aliphatic carbocycles. The molecule has 2 aliphatic rings. The van der Waals surface area contributed by atoms with Gasteiger partial charge in [0.05, 0.1) is 11.1 Å². The van der Waals surface area contributed by atoms with Crippen molar-refractivity contribution >= 4 is 11.8 Å². The number of nitrogens with zero attached hydrogens (tertiary/aromatic N) is 2. The third kappa shape index (κ3) is 2.92. The van der Waals surface area contributed by atoms with E-state index in [2.05, 4.69) is 20.8 Å². The number of nitrogens with one attached hydrogen (secondary N) is 3. The van der Waals surface area contributed by atoms with Crippen LogP contribution in [0.15, 0.2) is 0 Å². The van der Waals surface area contributed by atoms with Crippen molar-refractivity contribution in [3.63, 3.8) is 0 Å². The van der Waals surface area contributed by atoms with Crippen molar-refractivity contribution in [1.82, 2.24) is 25.7 Å². The van der Waals surface area contributed by atoms with E-state index < -0.39 is 5.41 Å². The van der Waals surface area contributed by atoms with Crippen LogP contribution in [0.3, 0.4) is 0 Å². The number of carbonyl (C=O) groups is 2. The number of hydrogen-bond donors (Lipinski definition) is 3. The van der Waals surface area contributed by atoms with Gasteiger partial charge in [0.2, 0.25) is 11.8 Å². The number of rotatable bonds is 5. The lowest BCUT2D eigenvalue weighted by Gasteiger charge is -2.26. The van der Waals surface area contributed by atoms with Gasteiger partial charge in [-0.05, 0) is 32.3 Å². The second-order valence-corrected chi connectivity index (χ2v) is 7.16. The molecule has 0 saturated carbocycles. The van der Waals surface area contributed by atoms with Crippen LogP contribution < -0.4 is 10.6 Å². The molecule has 7 heteroatoms. The fourth-order valence-corrected chi connectivity index (χ4v) is 4.07. The Bertz CT molecular complexity index is 621. The molecule has 0 radical (unpaired) electrons. The average molecular weight is 333 g/mol. The van der Waals surface area contributed by atoms with Crippen LogP contribution in [0.5, 0.6) is 0 Å². The first-order valence-electron chi connectivity index (χ1n) is 8.69. The average Bonchev–Trinajstić information content (AvgIpc) is 3.18. The number of aryl methyl sites for hydroxylation is 2. The van der Waals surface area contributed by atoms with Crippen molar-refractivity contribution in [3.05, 3.63) is 17.0 Å². The summed E-state index contributed by atoms with van der Waals surface area (Å²) in [4.78, 5) is 26.3. The van der Waals surface area contributed by atoms with Gasteiger partial charge in [0.25, 0.3) is 0 Å². The van der Waals surface area contributed by atoms with Gasteiger partial charge in [-0.2, -0.15) is 5.10 Å². The van der Waals surface area contributed by atoms with Gasteiger partial charge >= 0.3 is 0 Å². The van der Waals surface area contributed by atoms with Gasteiger partial charge in [0.15, 0.2) is 0 Å². The van der Waals surface area contributed by atoms with Crippen LogP contribution >= 0.6 is 0 Å². The molecule has 2 fully saturated rings. The molecule has 7 nitrogen and oxygen atoms in total. The molecular formula is C17H27N5O2. The van der Waals surface area contributed by atoms with E-state index in [1.807, 2.05) is 18.7 Å². The fourth-order valence-electron chi connectivity index (χ4n) is 4.07. The highest BCUT2D eigenvalue weighted by molar-refractivity contribution is 5.86. The number of aromatic amines is 1. The maximum atomic E-state index is 12.8. The van der Waals surface area contributed by atoms with Crippen LogP contribution in [0.2, 0.25) is 0 Å². The summed E-state index contributed by atoms with van der Waals surface area (Å²) in [6.45, 7) is 8.94. The maximum Gasteiger partial charge on any atom is 0.229 e. The van der Waals surface area contributed by atoms with Crippen molar-refractivity contribution in [2.45, 2.75) is 33.6 Å². The summed E-state index contributed by atoms with van der Waals surface area (Å²) in [6.07, 6.45) is 1.79. The smallest absolute Gasteiger partial charge is 0.229 e. The Kier molecular flexibility index (Phi) is 4.62. The monoisotopic (exact) mass is 333 g/mol. The second kappa shape index (κ2) is 6.55. The van der Waals surface area contributed by atoms with E-state index in [1.54, 1.807) is 6.92 Å². The topological polar surface area (TPSA) is 90.1 Å². The minimum Gasteiger partial charge on any atom is -0.355 e. The largest absolute Gasteiger partial charge is 0.355 e. The number of aromatic nitrogens is 2. The molecule has 3 rings (SSSR count). The van der Waals surface area contributed by atoms with E-state index in [9.17, 15) is 9.59 Å². The van der Waals surface area contributed by atoms with E-state index in [0.29, 0.717) is 26.2 Å². The molecule has 1 aromatic heterocycles. The van der Waals surface area contributed by atoms with Crippen molar-refractivity contribution in [2.75, 3.05) is 32.7 Å². The summed E-state index contributed by atoms with van der Waals surface area (Å²) in [7, 11) is 0. The SMILES string of the molecule is CC(=O)N1C[C@H]2CNC[C@@]2(C(=O)NCCCc2c(C)n[nH]c2C)C1. The zero-order valence-electron chi connectivity index (χ0n) is 14.7. The van der Waals surface area contributed by atoms with Crippen LogP contribution in [0.1, 0.15) is 30.3 Å². The predicted octanol–water partition coefficient (Wildman–Crippen LogP) is 0.143. The Morgan fingerprint density at radius 1 is 1.42 bits per heavy atom. The summed E-state index contributed by atoms with van der Waals surface area (Å²) in [5, 5.41) is 13.6. The third-order valence-corrected chi connectivity index (χ3v) is 5.59. The Morgan fingerprint density at radius 3 is 2.88 bits per heavy atom. The molecular weight excluding hydrogens is 306 g/mol. The normalized spacial score (nSPS) is 25.8. The molecule has 0 unspecified atom stereocenters. The Morgan fingerprint density at radius 2 is 2.21 bits per heavy atom. The van der Waals surface area contributed by atoms with Crippen LogP contribution in [0.4, 0.5) is 0 Å². The summed E-state index contributed by atoms with van der Waals surface area (Å²) in [6, 6.07) is 0. The van der Waals surface area contributed by atoms with Crippen molar-refractivity contribution in [3.8, 4) is 0 Å². The number of likely N-dealkylation sites (tertiary alicyclic amines) is 1. The standard InChI is InChI=1S/C17H27N5O2/c1-11-15(12(2)21-20-11)5-4-6-19-16(24)17-9-18-7-14(17)8-22(10-17)13(3)23/h14,18H,4-10H2,1-3H3,(H,19,24)(H,20,21)/t14-,17-/m1/s1. The minimum absolute atomic E-state index is 0.0579. The first-order chi connectivity index (χ1) is 11.4. The van der Waals surface area contributed by atoms with Crippen LogP contribution in [-0.2, 0) is 16.0 Å². The number of H-pyrrole nitrogens is 1. The van der Waals surface area contributed by atoms with Crippen molar-refractivity contribution in [1.29, 1.82) is 0 Å². The van der Waals surface area contributed by atoms with Gasteiger partial charge in [-0.3, -0.25) is 14.7 Å². The zero-order chi connectivity index (χ0) is 17.3. The van der Waals surface area contributed by atoms with Crippen LogP contribution in [-0.4, -0.2) is 59.6 Å². The molecule has 24 heavy (non-hydrogen) atoms. The molecule has 2 saturated heterocycles. The van der Waals surface area contributed by atoms with E-state index >= 15 is 0 Å². The van der Waals surface area contributed by atoms with Gasteiger partial charge in [-0.25, -0.2) is 0 Å². The molecule has 132 valence electrons. The molecule has 0 bridgehead atoms. The molecule has 1 aromatic rings. The number of fused-ring (bicyclic) bond motifs is 1. The highest BCUT2D eigenvalue weighted by atomic mass is 16.2. The molecule has 3 N–H and O–H groups in total. The lowest BCUT2D eigenvalue weighted by Crippen LogP contribution is -2.48. The predicted molar refractivity (Wildman–Crippen MR) is 90.4 cm³/mol. The van der Waals surface area contributed by atoms with E-state index in [-0.39, 0.29) is 17.7 Å².